The molecule has 0 saturated carbocycles. The monoisotopic (exact) mass is 375 g/mol. The van der Waals surface area contributed by atoms with Gasteiger partial charge in [-0.2, -0.15) is 13.4 Å². The van der Waals surface area contributed by atoms with Crippen LogP contribution in [0.2, 0.25) is 0 Å². The average molecular weight is 375 g/mol. The maximum Gasteiger partial charge on any atom is 0.340 e. The van der Waals surface area contributed by atoms with Crippen LogP contribution in [0.25, 0.3) is 5.78 Å². The van der Waals surface area contributed by atoms with Crippen molar-refractivity contribution in [3.05, 3.63) is 47.3 Å². The summed E-state index contributed by atoms with van der Waals surface area (Å²) in [7, 11) is -4.12. The molecule has 136 valence electrons. The molecule has 10 heteroatoms. The topological polar surface area (TPSA) is 116 Å². The van der Waals surface area contributed by atoms with Gasteiger partial charge in [-0.25, -0.2) is 14.3 Å². The molecule has 0 bridgehead atoms. The van der Waals surface area contributed by atoms with Crippen molar-refractivity contribution in [3.63, 3.8) is 0 Å². The number of aryl methyl sites for hydroxylation is 2. The van der Waals surface area contributed by atoms with Crippen LogP contribution < -0.4 is 4.72 Å². The lowest BCUT2D eigenvalue weighted by Gasteiger charge is -2.13. The highest BCUT2D eigenvalue weighted by Crippen LogP contribution is 2.24. The van der Waals surface area contributed by atoms with Crippen LogP contribution in [0.1, 0.15) is 28.4 Å². The van der Waals surface area contributed by atoms with Gasteiger partial charge in [0.15, 0.2) is 0 Å². The third-order valence-corrected chi connectivity index (χ3v) is 4.67. The van der Waals surface area contributed by atoms with Gasteiger partial charge in [0, 0.05) is 12.4 Å². The first-order valence-corrected chi connectivity index (χ1v) is 9.28. The quantitative estimate of drug-likeness (QED) is 0.675. The number of nitrogens with one attached hydrogen (secondary N) is 1. The molecule has 0 aliphatic rings. The molecule has 0 unspecified atom stereocenters. The summed E-state index contributed by atoms with van der Waals surface area (Å²) in [5.74, 6) is -0.458. The SMILES string of the molecule is CCOC(=O)c1cccc(C)c1NS(=O)(=O)c1nc2ncc(C)cn2n1. The highest BCUT2D eigenvalue weighted by Gasteiger charge is 2.25. The van der Waals surface area contributed by atoms with Crippen molar-refractivity contribution in [2.24, 2.45) is 0 Å². The van der Waals surface area contributed by atoms with Gasteiger partial charge in [-0.05, 0) is 38.0 Å². The first-order valence-electron chi connectivity index (χ1n) is 7.80. The number of ether oxygens (including phenoxy) is 1. The number of benzene rings is 1. The van der Waals surface area contributed by atoms with Crippen molar-refractivity contribution in [1.82, 2.24) is 19.6 Å². The normalized spacial score (nSPS) is 11.5. The molecule has 1 N–H and O–H groups in total. The smallest absolute Gasteiger partial charge is 0.340 e. The number of para-hydroxylation sites is 1. The van der Waals surface area contributed by atoms with E-state index in [9.17, 15) is 13.2 Å². The van der Waals surface area contributed by atoms with Crippen LogP contribution in [0.4, 0.5) is 5.69 Å². The van der Waals surface area contributed by atoms with E-state index in [0.717, 1.165) is 5.56 Å². The Labute approximate surface area is 150 Å². The minimum Gasteiger partial charge on any atom is -0.462 e. The van der Waals surface area contributed by atoms with Gasteiger partial charge >= 0.3 is 5.97 Å². The number of hydrogen-bond donors (Lipinski definition) is 1. The fourth-order valence-electron chi connectivity index (χ4n) is 2.33. The van der Waals surface area contributed by atoms with Crippen molar-refractivity contribution in [1.29, 1.82) is 0 Å². The van der Waals surface area contributed by atoms with E-state index >= 15 is 0 Å². The summed E-state index contributed by atoms with van der Waals surface area (Å²) in [5, 5.41) is 3.52. The van der Waals surface area contributed by atoms with Gasteiger partial charge in [0.2, 0.25) is 0 Å². The zero-order chi connectivity index (χ0) is 18.9. The van der Waals surface area contributed by atoms with Crippen LogP contribution >= 0.6 is 0 Å². The molecule has 0 aliphatic carbocycles. The summed E-state index contributed by atoms with van der Waals surface area (Å²) in [4.78, 5) is 20.1. The highest BCUT2D eigenvalue weighted by atomic mass is 32.2. The van der Waals surface area contributed by atoms with Gasteiger partial charge < -0.3 is 4.74 Å². The Morgan fingerprint density at radius 3 is 2.81 bits per heavy atom. The molecule has 0 spiro atoms. The Hall–Kier alpha value is -3.01. The zero-order valence-electron chi connectivity index (χ0n) is 14.4. The van der Waals surface area contributed by atoms with Gasteiger partial charge in [-0.15, -0.1) is 5.10 Å². The molecule has 9 nitrogen and oxygen atoms in total. The number of carbonyl (C=O) groups excluding carboxylic acids is 1. The molecule has 26 heavy (non-hydrogen) atoms. The van der Waals surface area contributed by atoms with Gasteiger partial charge in [-0.3, -0.25) is 4.72 Å². The molecule has 0 saturated heterocycles. The van der Waals surface area contributed by atoms with Crippen molar-refractivity contribution in [2.75, 3.05) is 11.3 Å². The predicted octanol–water partition coefficient (Wildman–Crippen LogP) is 1.72. The maximum absolute atomic E-state index is 12.7. The first-order chi connectivity index (χ1) is 12.3. The number of aromatic nitrogens is 4. The van der Waals surface area contributed by atoms with E-state index in [-0.39, 0.29) is 23.6 Å². The number of esters is 1. The molecule has 1 aromatic carbocycles. The highest BCUT2D eigenvalue weighted by molar-refractivity contribution is 7.92. The van der Waals surface area contributed by atoms with E-state index in [1.807, 2.05) is 0 Å². The number of hydrogen-bond acceptors (Lipinski definition) is 7. The number of sulfonamides is 1. The fourth-order valence-corrected chi connectivity index (χ4v) is 3.36. The zero-order valence-corrected chi connectivity index (χ0v) is 15.2. The van der Waals surface area contributed by atoms with Gasteiger partial charge in [0.1, 0.15) is 0 Å². The van der Waals surface area contributed by atoms with E-state index < -0.39 is 21.1 Å². The Bertz CT molecular complexity index is 1090. The van der Waals surface area contributed by atoms with E-state index in [4.69, 9.17) is 4.74 Å². The molecule has 0 amide bonds. The molecular formula is C16H17N5O4S. The number of carbonyl (C=O) groups is 1. The molecular weight excluding hydrogens is 358 g/mol. The average Bonchev–Trinajstić information content (AvgIpc) is 3.01. The van der Waals surface area contributed by atoms with Crippen LogP contribution in [0.3, 0.4) is 0 Å². The summed E-state index contributed by atoms with van der Waals surface area (Å²) >= 11 is 0. The summed E-state index contributed by atoms with van der Waals surface area (Å²) in [6.07, 6.45) is 3.18. The second-order valence-corrected chi connectivity index (χ2v) is 7.17. The third kappa shape index (κ3) is 3.36. The lowest BCUT2D eigenvalue weighted by atomic mass is 10.1. The molecule has 0 atom stereocenters. The molecule has 2 heterocycles. The molecule has 3 aromatic rings. The van der Waals surface area contributed by atoms with Crippen molar-refractivity contribution in [3.8, 4) is 0 Å². The Balaban J connectivity index is 2.02. The summed E-state index contributed by atoms with van der Waals surface area (Å²) in [5.41, 5.74) is 1.63. The van der Waals surface area contributed by atoms with Crippen LogP contribution in [0, 0.1) is 13.8 Å². The third-order valence-electron chi connectivity index (χ3n) is 3.55. The largest absolute Gasteiger partial charge is 0.462 e. The van der Waals surface area contributed by atoms with Gasteiger partial charge in [0.25, 0.3) is 21.0 Å². The van der Waals surface area contributed by atoms with Crippen molar-refractivity contribution >= 4 is 27.5 Å². The lowest BCUT2D eigenvalue weighted by molar-refractivity contribution is 0.0527. The number of anilines is 1. The van der Waals surface area contributed by atoms with Gasteiger partial charge in [-0.1, -0.05) is 12.1 Å². The molecule has 0 radical (unpaired) electrons. The second-order valence-electron chi connectivity index (χ2n) is 5.59. The van der Waals surface area contributed by atoms with E-state index in [1.165, 1.54) is 10.6 Å². The van der Waals surface area contributed by atoms with E-state index in [2.05, 4.69) is 19.8 Å². The van der Waals surface area contributed by atoms with Crippen molar-refractivity contribution in [2.45, 2.75) is 25.9 Å². The van der Waals surface area contributed by atoms with E-state index in [0.29, 0.717) is 5.56 Å². The number of rotatable bonds is 5. The number of nitrogens with zero attached hydrogens (tertiary/aromatic N) is 4. The summed E-state index contributed by atoms with van der Waals surface area (Å²) in [6.45, 7) is 5.34. The van der Waals surface area contributed by atoms with Crippen LogP contribution in [-0.4, -0.2) is 40.6 Å². The Kier molecular flexibility index (Phi) is 4.60. The minimum absolute atomic E-state index is 0.119. The Morgan fingerprint density at radius 2 is 2.08 bits per heavy atom. The van der Waals surface area contributed by atoms with Crippen LogP contribution in [0.5, 0.6) is 0 Å². The minimum atomic E-state index is -4.12. The summed E-state index contributed by atoms with van der Waals surface area (Å²) in [6, 6.07) is 4.82. The number of fused-ring (bicyclic) bond motifs is 1. The van der Waals surface area contributed by atoms with E-state index in [1.54, 1.807) is 45.3 Å². The Morgan fingerprint density at radius 1 is 1.31 bits per heavy atom. The van der Waals surface area contributed by atoms with Crippen molar-refractivity contribution < 1.29 is 17.9 Å². The second kappa shape index (κ2) is 6.71. The lowest BCUT2D eigenvalue weighted by Crippen LogP contribution is -2.18. The fraction of sp³-hybridized carbons (Fsp3) is 0.250. The van der Waals surface area contributed by atoms with Gasteiger partial charge in [0.05, 0.1) is 17.9 Å². The molecule has 0 fully saturated rings. The van der Waals surface area contributed by atoms with Crippen LogP contribution in [-0.2, 0) is 14.8 Å². The first kappa shape index (κ1) is 17.8. The molecule has 3 rings (SSSR count). The summed E-state index contributed by atoms with van der Waals surface area (Å²) < 4.78 is 34.1. The standard InChI is InChI=1S/C16H17N5O4S/c1-4-25-14(22)12-7-5-6-11(3)13(12)20-26(23,24)16-18-15-17-8-10(2)9-21(15)19-16/h5-9,20H,4H2,1-3H3. The van der Waals surface area contributed by atoms with Crippen LogP contribution in [0.15, 0.2) is 35.7 Å². The maximum atomic E-state index is 12.7. The molecule has 0 aliphatic heterocycles. The predicted molar refractivity (Wildman–Crippen MR) is 93.5 cm³/mol. The molecule has 2 aromatic heterocycles.